The summed E-state index contributed by atoms with van der Waals surface area (Å²) in [5, 5.41) is 0.736. The van der Waals surface area contributed by atoms with Crippen LogP contribution in [0, 0.1) is 5.82 Å². The summed E-state index contributed by atoms with van der Waals surface area (Å²) in [4.78, 5) is 12.4. The van der Waals surface area contributed by atoms with E-state index in [1.807, 2.05) is 0 Å². The molecule has 3 aromatic rings. The van der Waals surface area contributed by atoms with E-state index < -0.39 is 15.7 Å². The highest BCUT2D eigenvalue weighted by Gasteiger charge is 2.17. The molecule has 0 radical (unpaired) electrons. The normalized spacial score (nSPS) is 11.7. The average molecular weight is 361 g/mol. The van der Waals surface area contributed by atoms with Crippen LogP contribution in [0.2, 0.25) is 0 Å². The quantitative estimate of drug-likeness (QED) is 0.720. The number of nitrogens with zero attached hydrogens (tertiary/aromatic N) is 1. The maximum Gasteiger partial charge on any atom is 0.258 e. The Labute approximate surface area is 144 Å². The molecule has 0 saturated carbocycles. The van der Waals surface area contributed by atoms with Gasteiger partial charge in [0.05, 0.1) is 12.0 Å². The zero-order valence-corrected chi connectivity index (χ0v) is 14.7. The topological polar surface area (TPSA) is 65.4 Å². The van der Waals surface area contributed by atoms with Gasteiger partial charge in [0.1, 0.15) is 11.6 Å². The molecule has 5 nitrogen and oxygen atoms in total. The van der Waals surface area contributed by atoms with Crippen LogP contribution in [-0.2, 0) is 16.9 Å². The van der Waals surface area contributed by atoms with Crippen LogP contribution in [0.25, 0.3) is 21.9 Å². The van der Waals surface area contributed by atoms with Gasteiger partial charge in [-0.3, -0.25) is 4.79 Å². The molecular weight excluding hydrogens is 345 g/mol. The molecule has 0 unspecified atom stereocenters. The van der Waals surface area contributed by atoms with E-state index in [0.29, 0.717) is 27.6 Å². The number of methoxy groups -OCH3 is 1. The minimum absolute atomic E-state index is 0.113. The minimum atomic E-state index is -3.44. The number of halogens is 1. The van der Waals surface area contributed by atoms with Crippen molar-refractivity contribution in [3.63, 3.8) is 0 Å². The number of aromatic nitrogens is 1. The van der Waals surface area contributed by atoms with Gasteiger partial charge in [-0.15, -0.1) is 0 Å². The zero-order chi connectivity index (χ0) is 18.4. The van der Waals surface area contributed by atoms with Crippen molar-refractivity contribution in [3.8, 4) is 16.9 Å². The van der Waals surface area contributed by atoms with Crippen LogP contribution < -0.4 is 10.3 Å². The Morgan fingerprint density at radius 3 is 2.40 bits per heavy atom. The summed E-state index contributed by atoms with van der Waals surface area (Å²) in [5.41, 5.74) is 0.715. The summed E-state index contributed by atoms with van der Waals surface area (Å²) < 4.78 is 44.3. The lowest BCUT2D eigenvalue weighted by atomic mass is 9.99. The van der Waals surface area contributed by atoms with Crippen molar-refractivity contribution in [2.45, 2.75) is 4.90 Å². The number of sulfone groups is 1. The molecule has 130 valence electrons. The van der Waals surface area contributed by atoms with Gasteiger partial charge in [0, 0.05) is 36.0 Å². The molecule has 7 heteroatoms. The number of rotatable bonds is 3. The van der Waals surface area contributed by atoms with Crippen LogP contribution in [0.4, 0.5) is 4.39 Å². The molecule has 0 N–H and O–H groups in total. The summed E-state index contributed by atoms with van der Waals surface area (Å²) in [7, 11) is -0.389. The minimum Gasteiger partial charge on any atom is -0.496 e. The van der Waals surface area contributed by atoms with Gasteiger partial charge in [0.15, 0.2) is 9.84 Å². The Morgan fingerprint density at radius 2 is 1.76 bits per heavy atom. The van der Waals surface area contributed by atoms with Gasteiger partial charge in [-0.25, -0.2) is 12.8 Å². The number of benzene rings is 2. The lowest BCUT2D eigenvalue weighted by Crippen LogP contribution is -2.16. The van der Waals surface area contributed by atoms with E-state index in [9.17, 15) is 17.6 Å². The summed E-state index contributed by atoms with van der Waals surface area (Å²) in [5.74, 6) is -0.0585. The Bertz CT molecular complexity index is 1150. The lowest BCUT2D eigenvalue weighted by molar-refractivity contribution is 0.416. The van der Waals surface area contributed by atoms with Gasteiger partial charge < -0.3 is 9.30 Å². The third-order valence-electron chi connectivity index (χ3n) is 4.03. The van der Waals surface area contributed by atoms with Crippen LogP contribution in [0.15, 0.2) is 52.3 Å². The predicted molar refractivity (Wildman–Crippen MR) is 94.2 cm³/mol. The van der Waals surface area contributed by atoms with E-state index in [1.54, 1.807) is 19.3 Å². The molecule has 0 spiro atoms. The summed E-state index contributed by atoms with van der Waals surface area (Å²) in [6, 6.07) is 8.36. The highest BCUT2D eigenvalue weighted by Crippen LogP contribution is 2.35. The first-order chi connectivity index (χ1) is 11.7. The number of hydrogen-bond donors (Lipinski definition) is 0. The molecule has 25 heavy (non-hydrogen) atoms. The molecule has 0 amide bonds. The van der Waals surface area contributed by atoms with Gasteiger partial charge in [-0.1, -0.05) is 0 Å². The fraction of sp³-hybridized carbons (Fsp3) is 0.167. The Balaban J connectivity index is 2.46. The number of hydrogen-bond acceptors (Lipinski definition) is 4. The van der Waals surface area contributed by atoms with E-state index in [2.05, 4.69) is 0 Å². The van der Waals surface area contributed by atoms with Crippen LogP contribution in [0.1, 0.15) is 0 Å². The van der Waals surface area contributed by atoms with E-state index in [-0.39, 0.29) is 10.5 Å². The highest BCUT2D eigenvalue weighted by molar-refractivity contribution is 7.90. The number of aryl methyl sites for hydroxylation is 1. The monoisotopic (exact) mass is 361 g/mol. The third kappa shape index (κ3) is 3.02. The maximum atomic E-state index is 13.8. The standard InChI is InChI=1S/C18H16FNO4S/c1-20-10-16(14-8-11(19)4-6-13(14)18(20)21)15-9-12(25(3,22)23)5-7-17(15)24-2/h4-10H,1-3H3. The van der Waals surface area contributed by atoms with E-state index in [0.717, 1.165) is 6.26 Å². The fourth-order valence-electron chi connectivity index (χ4n) is 2.78. The second-order valence-corrected chi connectivity index (χ2v) is 7.80. The average Bonchev–Trinajstić information content (AvgIpc) is 2.56. The van der Waals surface area contributed by atoms with Crippen molar-refractivity contribution in [1.82, 2.24) is 4.57 Å². The van der Waals surface area contributed by atoms with Crippen molar-refractivity contribution in [3.05, 3.63) is 58.8 Å². The highest BCUT2D eigenvalue weighted by atomic mass is 32.2. The fourth-order valence-corrected chi connectivity index (χ4v) is 3.43. The molecule has 1 heterocycles. The van der Waals surface area contributed by atoms with Crippen LogP contribution in [-0.4, -0.2) is 26.4 Å². The van der Waals surface area contributed by atoms with Gasteiger partial charge >= 0.3 is 0 Å². The maximum absolute atomic E-state index is 13.8. The Hall–Kier alpha value is -2.67. The molecule has 3 rings (SSSR count). The van der Waals surface area contributed by atoms with Gasteiger partial charge in [0.2, 0.25) is 0 Å². The van der Waals surface area contributed by atoms with Crippen LogP contribution in [0.3, 0.4) is 0 Å². The molecule has 1 aromatic heterocycles. The van der Waals surface area contributed by atoms with E-state index >= 15 is 0 Å². The van der Waals surface area contributed by atoms with Gasteiger partial charge in [0.25, 0.3) is 5.56 Å². The molecule has 0 aliphatic heterocycles. The Kier molecular flexibility index (Phi) is 4.12. The van der Waals surface area contributed by atoms with Crippen LogP contribution in [0.5, 0.6) is 5.75 Å². The second kappa shape index (κ2) is 6.00. The number of fused-ring (bicyclic) bond motifs is 1. The Morgan fingerprint density at radius 1 is 1.04 bits per heavy atom. The summed E-state index contributed by atoms with van der Waals surface area (Å²) in [6.45, 7) is 0. The third-order valence-corrected chi connectivity index (χ3v) is 5.14. The van der Waals surface area contributed by atoms with E-state index in [4.69, 9.17) is 4.74 Å². The first-order valence-electron chi connectivity index (χ1n) is 7.39. The predicted octanol–water partition coefficient (Wildman–Crippen LogP) is 2.76. The van der Waals surface area contributed by atoms with Gasteiger partial charge in [-0.2, -0.15) is 0 Å². The smallest absolute Gasteiger partial charge is 0.258 e. The summed E-state index contributed by atoms with van der Waals surface area (Å²) >= 11 is 0. The molecular formula is C18H16FNO4S. The first kappa shape index (κ1) is 17.2. The molecule has 0 aliphatic rings. The number of pyridine rings is 1. The summed E-state index contributed by atoms with van der Waals surface area (Å²) in [6.07, 6.45) is 2.66. The zero-order valence-electron chi connectivity index (χ0n) is 13.9. The first-order valence-corrected chi connectivity index (χ1v) is 9.29. The molecule has 0 aliphatic carbocycles. The molecule has 0 bridgehead atoms. The van der Waals surface area contributed by atoms with E-state index in [1.165, 1.54) is 42.0 Å². The SMILES string of the molecule is COc1ccc(S(C)(=O)=O)cc1-c1cn(C)c(=O)c2ccc(F)cc12. The van der Waals surface area contributed by atoms with Gasteiger partial charge in [-0.05, 0) is 41.8 Å². The van der Waals surface area contributed by atoms with Crippen molar-refractivity contribution in [2.24, 2.45) is 7.05 Å². The number of ether oxygens (including phenoxy) is 1. The second-order valence-electron chi connectivity index (χ2n) is 5.78. The van der Waals surface area contributed by atoms with Crippen molar-refractivity contribution < 1.29 is 17.5 Å². The van der Waals surface area contributed by atoms with Crippen molar-refractivity contribution in [2.75, 3.05) is 13.4 Å². The molecule has 0 fully saturated rings. The van der Waals surface area contributed by atoms with Crippen molar-refractivity contribution >= 4 is 20.6 Å². The largest absolute Gasteiger partial charge is 0.496 e. The molecule has 2 aromatic carbocycles. The molecule has 0 saturated heterocycles. The van der Waals surface area contributed by atoms with Crippen molar-refractivity contribution in [1.29, 1.82) is 0 Å². The van der Waals surface area contributed by atoms with Crippen LogP contribution >= 0.6 is 0 Å². The molecule has 0 atom stereocenters. The lowest BCUT2D eigenvalue weighted by Gasteiger charge is -2.14.